The monoisotopic (exact) mass is 339 g/mol. The number of nitrogens with one attached hydrogen (secondary N) is 1. The van der Waals surface area contributed by atoms with Crippen LogP contribution >= 0.6 is 11.3 Å². The first-order valence-electron chi connectivity index (χ1n) is 7.52. The normalized spacial score (nSPS) is 10.2. The molecule has 0 radical (unpaired) electrons. The molecule has 0 atom stereocenters. The van der Waals surface area contributed by atoms with E-state index in [1.165, 1.54) is 4.88 Å². The Morgan fingerprint density at radius 1 is 0.875 bits per heavy atom. The number of rotatable bonds is 7. The highest BCUT2D eigenvalue weighted by Gasteiger charge is 2.04. The maximum atomic E-state index is 11.9. The van der Waals surface area contributed by atoms with Crippen LogP contribution in [0.1, 0.15) is 4.88 Å². The lowest BCUT2D eigenvalue weighted by molar-refractivity contribution is -0.118. The first kappa shape index (κ1) is 16.1. The largest absolute Gasteiger partial charge is 0.488 e. The van der Waals surface area contributed by atoms with E-state index in [0.717, 1.165) is 5.75 Å². The van der Waals surface area contributed by atoms with Crippen LogP contribution in [0.4, 0.5) is 5.69 Å². The van der Waals surface area contributed by atoms with E-state index in [0.29, 0.717) is 18.0 Å². The van der Waals surface area contributed by atoms with Gasteiger partial charge in [0, 0.05) is 10.6 Å². The summed E-state index contributed by atoms with van der Waals surface area (Å²) >= 11 is 1.66. The summed E-state index contributed by atoms with van der Waals surface area (Å²) in [6.07, 6.45) is 0. The van der Waals surface area contributed by atoms with E-state index < -0.39 is 0 Å². The second-order valence-corrected chi connectivity index (χ2v) is 6.07. The Morgan fingerprint density at radius 2 is 1.62 bits per heavy atom. The molecule has 1 N–H and O–H groups in total. The Labute approximate surface area is 144 Å². The molecule has 1 aromatic heterocycles. The molecule has 3 aromatic rings. The number of carbonyl (C=O) groups excluding carboxylic acids is 1. The van der Waals surface area contributed by atoms with Crippen molar-refractivity contribution in [2.24, 2.45) is 0 Å². The number of benzene rings is 2. The van der Waals surface area contributed by atoms with Gasteiger partial charge in [-0.05, 0) is 47.8 Å². The van der Waals surface area contributed by atoms with Crippen molar-refractivity contribution in [1.82, 2.24) is 0 Å². The molecule has 0 aliphatic rings. The molecule has 0 spiro atoms. The van der Waals surface area contributed by atoms with Crippen LogP contribution in [0.2, 0.25) is 0 Å². The van der Waals surface area contributed by atoms with Gasteiger partial charge in [0.15, 0.2) is 6.61 Å². The van der Waals surface area contributed by atoms with Crippen LogP contribution in [0.25, 0.3) is 0 Å². The van der Waals surface area contributed by atoms with Gasteiger partial charge in [0.05, 0.1) is 0 Å². The van der Waals surface area contributed by atoms with Gasteiger partial charge in [0.2, 0.25) is 0 Å². The van der Waals surface area contributed by atoms with Gasteiger partial charge in [-0.15, -0.1) is 11.3 Å². The molecule has 2 aromatic carbocycles. The van der Waals surface area contributed by atoms with Gasteiger partial charge in [-0.1, -0.05) is 24.3 Å². The summed E-state index contributed by atoms with van der Waals surface area (Å²) in [6, 6.07) is 20.6. The summed E-state index contributed by atoms with van der Waals surface area (Å²) < 4.78 is 11.1. The molecule has 0 saturated carbocycles. The third-order valence-electron chi connectivity index (χ3n) is 3.21. The zero-order chi connectivity index (χ0) is 16.6. The summed E-state index contributed by atoms with van der Waals surface area (Å²) in [5.41, 5.74) is 0.708. The highest BCUT2D eigenvalue weighted by molar-refractivity contribution is 7.09. The second-order valence-electron chi connectivity index (χ2n) is 5.04. The van der Waals surface area contributed by atoms with Gasteiger partial charge >= 0.3 is 0 Å². The maximum absolute atomic E-state index is 11.9. The summed E-state index contributed by atoms with van der Waals surface area (Å²) in [5.74, 6) is 1.23. The smallest absolute Gasteiger partial charge is 0.262 e. The SMILES string of the molecule is O=C(COc1ccccc1)Nc1ccc(OCc2cccs2)cc1. The lowest BCUT2D eigenvalue weighted by Gasteiger charge is -2.09. The van der Waals surface area contributed by atoms with Crippen LogP contribution in [0.5, 0.6) is 11.5 Å². The Balaban J connectivity index is 1.45. The molecule has 0 unspecified atom stereocenters. The van der Waals surface area contributed by atoms with E-state index in [9.17, 15) is 4.79 Å². The number of para-hydroxylation sites is 1. The Bertz CT molecular complexity index is 755. The molecule has 3 rings (SSSR count). The van der Waals surface area contributed by atoms with Crippen molar-refractivity contribution in [3.05, 3.63) is 77.0 Å². The van der Waals surface area contributed by atoms with Crippen molar-refractivity contribution >= 4 is 22.9 Å². The Kier molecular flexibility index (Phi) is 5.48. The van der Waals surface area contributed by atoms with Gasteiger partial charge < -0.3 is 14.8 Å². The van der Waals surface area contributed by atoms with Crippen molar-refractivity contribution in [3.8, 4) is 11.5 Å². The predicted molar refractivity (Wildman–Crippen MR) is 95.7 cm³/mol. The van der Waals surface area contributed by atoms with E-state index in [4.69, 9.17) is 9.47 Å². The van der Waals surface area contributed by atoms with Crippen molar-refractivity contribution in [1.29, 1.82) is 0 Å². The third kappa shape index (κ3) is 4.86. The summed E-state index contributed by atoms with van der Waals surface area (Å²) in [5, 5.41) is 4.81. The van der Waals surface area contributed by atoms with Gasteiger partial charge in [-0.3, -0.25) is 4.79 Å². The Hall–Kier alpha value is -2.79. The number of anilines is 1. The van der Waals surface area contributed by atoms with Crippen molar-refractivity contribution in [2.75, 3.05) is 11.9 Å². The van der Waals surface area contributed by atoms with Gasteiger partial charge in [0.25, 0.3) is 5.91 Å². The van der Waals surface area contributed by atoms with Gasteiger partial charge in [0.1, 0.15) is 18.1 Å². The van der Waals surface area contributed by atoms with Crippen LogP contribution in [0.15, 0.2) is 72.1 Å². The maximum Gasteiger partial charge on any atom is 0.262 e. The fourth-order valence-electron chi connectivity index (χ4n) is 2.05. The minimum Gasteiger partial charge on any atom is -0.488 e. The van der Waals surface area contributed by atoms with Crippen molar-refractivity contribution in [2.45, 2.75) is 6.61 Å². The number of carbonyl (C=O) groups is 1. The molecule has 122 valence electrons. The van der Waals surface area contributed by atoms with E-state index in [-0.39, 0.29) is 12.5 Å². The van der Waals surface area contributed by atoms with Crippen molar-refractivity contribution < 1.29 is 14.3 Å². The molecule has 0 aliphatic heterocycles. The van der Waals surface area contributed by atoms with Crippen LogP contribution < -0.4 is 14.8 Å². The van der Waals surface area contributed by atoms with E-state index >= 15 is 0 Å². The topological polar surface area (TPSA) is 47.6 Å². The average Bonchev–Trinajstić information content (AvgIpc) is 3.14. The molecule has 0 bridgehead atoms. The van der Waals surface area contributed by atoms with Crippen LogP contribution in [-0.4, -0.2) is 12.5 Å². The summed E-state index contributed by atoms with van der Waals surface area (Å²) in [7, 11) is 0. The number of thiophene rings is 1. The Morgan fingerprint density at radius 3 is 2.33 bits per heavy atom. The number of hydrogen-bond acceptors (Lipinski definition) is 4. The molecule has 0 fully saturated rings. The minimum atomic E-state index is -0.203. The second kappa shape index (κ2) is 8.17. The highest BCUT2D eigenvalue weighted by Crippen LogP contribution is 2.18. The number of ether oxygens (including phenoxy) is 2. The van der Waals surface area contributed by atoms with E-state index in [1.807, 2.05) is 72.1 Å². The van der Waals surface area contributed by atoms with Crippen molar-refractivity contribution in [3.63, 3.8) is 0 Å². The van der Waals surface area contributed by atoms with Crippen LogP contribution in [0.3, 0.4) is 0 Å². The van der Waals surface area contributed by atoms with Gasteiger partial charge in [-0.25, -0.2) is 0 Å². The molecule has 24 heavy (non-hydrogen) atoms. The summed E-state index contributed by atoms with van der Waals surface area (Å²) in [4.78, 5) is 13.1. The first-order valence-corrected chi connectivity index (χ1v) is 8.40. The zero-order valence-electron chi connectivity index (χ0n) is 13.0. The lowest BCUT2D eigenvalue weighted by atomic mass is 10.3. The minimum absolute atomic E-state index is 0.0271. The molecule has 4 nitrogen and oxygen atoms in total. The van der Waals surface area contributed by atoms with E-state index in [1.54, 1.807) is 11.3 Å². The number of amides is 1. The molecule has 5 heteroatoms. The lowest BCUT2D eigenvalue weighted by Crippen LogP contribution is -2.20. The third-order valence-corrected chi connectivity index (χ3v) is 4.06. The molecular formula is C19H17NO3S. The summed E-state index contributed by atoms with van der Waals surface area (Å²) in [6.45, 7) is 0.523. The predicted octanol–water partition coefficient (Wildman–Crippen LogP) is 4.34. The van der Waals surface area contributed by atoms with E-state index in [2.05, 4.69) is 5.32 Å². The standard InChI is InChI=1S/C19H17NO3S/c21-19(14-23-16-5-2-1-3-6-16)20-15-8-10-17(11-9-15)22-13-18-7-4-12-24-18/h1-12H,13-14H2,(H,20,21). The quantitative estimate of drug-likeness (QED) is 0.696. The average molecular weight is 339 g/mol. The molecule has 0 saturated heterocycles. The fourth-order valence-corrected chi connectivity index (χ4v) is 2.66. The molecule has 0 aliphatic carbocycles. The highest BCUT2D eigenvalue weighted by atomic mass is 32.1. The fraction of sp³-hybridized carbons (Fsp3) is 0.105. The first-order chi connectivity index (χ1) is 11.8. The van der Waals surface area contributed by atoms with Gasteiger partial charge in [-0.2, -0.15) is 0 Å². The molecular weight excluding hydrogens is 322 g/mol. The zero-order valence-corrected chi connectivity index (χ0v) is 13.8. The number of hydrogen-bond donors (Lipinski definition) is 1. The van der Waals surface area contributed by atoms with Crippen LogP contribution in [-0.2, 0) is 11.4 Å². The van der Waals surface area contributed by atoms with Crippen LogP contribution in [0, 0.1) is 0 Å². The molecule has 1 heterocycles. The molecule has 1 amide bonds.